The van der Waals surface area contributed by atoms with Crippen molar-refractivity contribution in [1.82, 2.24) is 0 Å². The normalized spacial score (nSPS) is 10.7. The van der Waals surface area contributed by atoms with E-state index in [1.165, 1.54) is 5.54 Å². The standard InChI is InChI=1S/C3H4Cl2.C2HCl3.C2HCl2F3O.C2HF3O.F2.2Rf.Zn/c1-3(5)2-4;3-1-2(4)5;3-1(5,6)2(4,7)8;3-1(4)2(5)6;1-2;;;/h2H,1H3;1H;8H;6H;;;;/b3-2-;;;;;;;. The average molecular weight is 1150 g/mol. The number of halogens is 15. The molecule has 166 valence electrons. The third-order valence-corrected chi connectivity index (χ3v) is 2.52. The van der Waals surface area contributed by atoms with Gasteiger partial charge < -0.3 is 10.2 Å². The Balaban J connectivity index is -0.0000000322. The fourth-order valence-corrected chi connectivity index (χ4v) is 0. The molecule has 0 spiro atoms. The van der Waals surface area contributed by atoms with Crippen LogP contribution in [0.25, 0.3) is 0 Å². The minimum atomic E-state index is -4.44. The Labute approximate surface area is 195 Å². The number of aliphatic hydroxyl groups excluding tert-OH is 1. The zero-order valence-corrected chi connectivity index (χ0v) is 34.9. The van der Waals surface area contributed by atoms with Crippen molar-refractivity contribution in [3.63, 3.8) is 0 Å². The van der Waals surface area contributed by atoms with E-state index < -0.39 is 22.8 Å². The van der Waals surface area contributed by atoms with E-state index >= 15 is 0 Å². The number of aliphatic hydroxyl groups is 2. The number of alkyl halides is 5. The van der Waals surface area contributed by atoms with Gasteiger partial charge in [0.15, 0.2) is 0 Å². The molecular weight excluding hydrogens is 1140 g/mol. The van der Waals surface area contributed by atoms with Crippen molar-refractivity contribution >= 4 is 81.2 Å². The van der Waals surface area contributed by atoms with Crippen LogP contribution in [0.1, 0.15) is 6.92 Å². The SMILES string of the molecule is C/C(Cl)=C/Cl.ClC=C(Cl)Cl.FF.OC(F)(Cl)C(F)(F)Cl.OC(F)=C(F)F.[Rf].[Rf].[Zn]. The van der Waals surface area contributed by atoms with E-state index in [1.807, 2.05) is 0 Å². The van der Waals surface area contributed by atoms with E-state index in [2.05, 4.69) is 23.2 Å². The topological polar surface area (TPSA) is 40.5 Å². The summed E-state index contributed by atoms with van der Waals surface area (Å²) in [5.74, 6) is 0. The molecule has 20 heteroatoms. The van der Waals surface area contributed by atoms with Crippen LogP contribution in [0, 0.1) is 0 Å². The summed E-state index contributed by atoms with van der Waals surface area (Å²) in [4.78, 5) is 0. The molecule has 0 fully saturated rings. The zero-order valence-electron chi connectivity index (χ0n) is 13.8. The second kappa shape index (κ2) is 29.3. The Kier molecular flexibility index (Phi) is 51.6. The molecule has 0 aliphatic carbocycles. The maximum absolute atomic E-state index is 11.3. The maximum atomic E-state index is 11.3. The third kappa shape index (κ3) is 65.9. The summed E-state index contributed by atoms with van der Waals surface area (Å²) in [6, 6.07) is -2.41. The molecule has 0 aliphatic rings. The van der Waals surface area contributed by atoms with Crippen LogP contribution in [-0.4, -0.2) is 20.9 Å². The minimum absolute atomic E-state index is 0. The molecule has 0 aliphatic heterocycles. The number of rotatable bonds is 1. The van der Waals surface area contributed by atoms with Crippen molar-refractivity contribution in [3.05, 3.63) is 32.7 Å². The van der Waals surface area contributed by atoms with Gasteiger partial charge in [0.05, 0.1) is 0 Å². The average Bonchev–Trinajstić information content (AvgIpc) is 2.48. The van der Waals surface area contributed by atoms with E-state index in [-0.39, 0.29) is 24.0 Å². The van der Waals surface area contributed by atoms with Crippen LogP contribution in [0.4, 0.5) is 35.5 Å². The molecular formula is C9H7Cl7F8O2Rf2Zn. The molecule has 0 saturated heterocycles. The first kappa shape index (κ1) is 51.1. The van der Waals surface area contributed by atoms with Gasteiger partial charge in [-0.15, -0.1) is 0 Å². The second-order valence-corrected chi connectivity index (χ2v) is 5.70. The molecule has 0 rings (SSSR count). The first-order valence-electron chi connectivity index (χ1n) is 4.68. The summed E-state index contributed by atoms with van der Waals surface area (Å²) in [5, 5.41) is 6.69. The fraction of sp³-hybridized carbons (Fsp3) is 0.333. The first-order valence-corrected chi connectivity index (χ1v) is 7.45. The Hall–Kier alpha value is -0.927. The summed E-state index contributed by atoms with van der Waals surface area (Å²) in [5.41, 5.74) is 2.41. The van der Waals surface area contributed by atoms with Gasteiger partial charge in [0, 0.05) is 44.7 Å². The first-order chi connectivity index (χ1) is 11.4. The van der Waals surface area contributed by atoms with Gasteiger partial charge >= 0.3 is 22.8 Å². The summed E-state index contributed by atoms with van der Waals surface area (Å²) < 4.78 is 81.2. The number of hydrogen-bond donors (Lipinski definition) is 2. The zero-order chi connectivity index (χ0) is 22.7. The number of allylic oxidation sites excluding steroid dienone is 1. The van der Waals surface area contributed by atoms with Crippen molar-refractivity contribution in [2.24, 2.45) is 0 Å². The molecule has 0 radical (unpaired) electrons. The minimum Gasteiger partial charge on any atom is -0.483 e. The van der Waals surface area contributed by atoms with Gasteiger partial charge in [0.25, 0.3) is 0 Å². The third-order valence-electron chi connectivity index (χ3n) is 0.730. The Morgan fingerprint density at radius 3 is 1.00 bits per heavy atom. The molecule has 0 aromatic heterocycles. The van der Waals surface area contributed by atoms with Gasteiger partial charge in [-0.1, -0.05) is 58.0 Å². The Morgan fingerprint density at radius 1 is 0.862 bits per heavy atom. The van der Waals surface area contributed by atoms with E-state index in [0.29, 0.717) is 5.03 Å². The van der Waals surface area contributed by atoms with Crippen LogP contribution in [0.5, 0.6) is 0 Å². The van der Waals surface area contributed by atoms with E-state index in [9.17, 15) is 26.3 Å². The summed E-state index contributed by atoms with van der Waals surface area (Å²) in [6.07, 6.45) is -2.69. The molecule has 2 nitrogen and oxygen atoms in total. The van der Waals surface area contributed by atoms with E-state index in [1.54, 1.807) is 6.92 Å². The van der Waals surface area contributed by atoms with Gasteiger partial charge in [0.2, 0.25) is 0 Å². The summed E-state index contributed by atoms with van der Waals surface area (Å²) in [7, 11) is 0. The van der Waals surface area contributed by atoms with Gasteiger partial charge in [-0.05, 0) is 30.1 Å². The van der Waals surface area contributed by atoms with Crippen molar-refractivity contribution in [3.8, 4) is 0 Å². The number of hydrogen-bond acceptors (Lipinski definition) is 2. The molecule has 0 heterocycles. The van der Waals surface area contributed by atoms with Crippen LogP contribution in [0.3, 0.4) is 0 Å². The van der Waals surface area contributed by atoms with E-state index in [0.717, 1.165) is 5.54 Å². The van der Waals surface area contributed by atoms with Crippen molar-refractivity contribution in [2.75, 3.05) is 0 Å². The van der Waals surface area contributed by atoms with Gasteiger partial charge in [0.1, 0.15) is 4.49 Å². The molecule has 1 unspecified atom stereocenters. The molecule has 1 atom stereocenters. The van der Waals surface area contributed by atoms with Crippen LogP contribution in [0.2, 0.25) is 0 Å². The van der Waals surface area contributed by atoms with Gasteiger partial charge in [-0.25, -0.2) is 0 Å². The van der Waals surface area contributed by atoms with E-state index in [4.69, 9.17) is 77.4 Å². The second-order valence-electron chi connectivity index (χ2n) is 2.68. The molecule has 29 heavy (non-hydrogen) atoms. The Morgan fingerprint density at radius 2 is 1.00 bits per heavy atom. The summed E-state index contributed by atoms with van der Waals surface area (Å²) >= 11 is 33.0. The quantitative estimate of drug-likeness (QED) is 0.119. The molecule has 0 saturated carbocycles. The Bertz CT molecular complexity index is 384. The monoisotopic (exact) mass is 1140 g/mol. The predicted molar refractivity (Wildman–Crippen MR) is 89.0 cm³/mol. The summed E-state index contributed by atoms with van der Waals surface area (Å²) in [6.45, 7) is 1.72. The van der Waals surface area contributed by atoms with Crippen molar-refractivity contribution in [2.45, 2.75) is 17.6 Å². The molecule has 0 bridgehead atoms. The smallest absolute Gasteiger partial charge is 0.394 e. The molecule has 2 N–H and O–H groups in total. The van der Waals surface area contributed by atoms with Crippen molar-refractivity contribution < 1.29 is 65.2 Å². The van der Waals surface area contributed by atoms with Crippen LogP contribution < -0.4 is 0 Å². The maximum Gasteiger partial charge on any atom is 0.394 e. The van der Waals surface area contributed by atoms with Crippen LogP contribution in [-0.2, 0) is 19.5 Å². The molecule has 0 amide bonds. The van der Waals surface area contributed by atoms with Crippen LogP contribution >= 0.6 is 81.2 Å². The van der Waals surface area contributed by atoms with Crippen LogP contribution in [0.15, 0.2) is 32.7 Å². The largest absolute Gasteiger partial charge is 0.483 e. The van der Waals surface area contributed by atoms with Gasteiger partial charge in [-0.3, -0.25) is 0 Å². The van der Waals surface area contributed by atoms with Gasteiger partial charge in [-0.2, -0.15) is 26.3 Å². The molecule has 0 aromatic carbocycles. The predicted octanol–water partition coefficient (Wildman–Crippen LogP) is 8.92. The van der Waals surface area contributed by atoms with Crippen molar-refractivity contribution in [1.29, 1.82) is 0 Å². The molecule has 0 aromatic rings. The fourth-order valence-electron chi connectivity index (χ4n) is 0.